The Balaban J connectivity index is 2.20. The second kappa shape index (κ2) is 5.81. The number of hydrogen-bond donors (Lipinski definition) is 1. The van der Waals surface area contributed by atoms with Crippen molar-refractivity contribution in [2.24, 2.45) is 11.1 Å². The third kappa shape index (κ3) is 3.30. The second-order valence-electron chi connectivity index (χ2n) is 6.03. The third-order valence-electron chi connectivity index (χ3n) is 3.93. The van der Waals surface area contributed by atoms with E-state index in [9.17, 15) is 0 Å². The van der Waals surface area contributed by atoms with Crippen LogP contribution in [-0.2, 0) is 0 Å². The van der Waals surface area contributed by atoms with Crippen LogP contribution in [0.25, 0.3) is 0 Å². The molecule has 3 nitrogen and oxygen atoms in total. The van der Waals surface area contributed by atoms with Crippen molar-refractivity contribution in [3.8, 4) is 5.75 Å². The van der Waals surface area contributed by atoms with Gasteiger partial charge in [0, 0.05) is 19.1 Å². The third-order valence-corrected chi connectivity index (χ3v) is 4.55. The number of nitrogens with two attached hydrogens (primary N) is 1. The van der Waals surface area contributed by atoms with E-state index >= 15 is 0 Å². The van der Waals surface area contributed by atoms with Gasteiger partial charge in [0.25, 0.3) is 0 Å². The van der Waals surface area contributed by atoms with E-state index in [2.05, 4.69) is 46.8 Å². The molecule has 1 unspecified atom stereocenters. The Morgan fingerprint density at radius 2 is 2.21 bits per heavy atom. The number of halogens is 1. The molecule has 0 radical (unpaired) electrons. The largest absolute Gasteiger partial charge is 0.496 e. The fourth-order valence-electron chi connectivity index (χ4n) is 2.81. The minimum absolute atomic E-state index is 0.295. The Hall–Kier alpha value is -0.580. The molecular formula is C15H23BrN2O. The summed E-state index contributed by atoms with van der Waals surface area (Å²) >= 11 is 3.55. The lowest BCUT2D eigenvalue weighted by molar-refractivity contribution is 0.223. The lowest BCUT2D eigenvalue weighted by Gasteiger charge is -2.28. The maximum Gasteiger partial charge on any atom is 0.133 e. The van der Waals surface area contributed by atoms with E-state index in [0.717, 1.165) is 23.3 Å². The highest BCUT2D eigenvalue weighted by Gasteiger charge is 2.33. The number of likely N-dealkylation sites (tertiary alicyclic amines) is 1. The van der Waals surface area contributed by atoms with E-state index in [0.29, 0.717) is 18.0 Å². The van der Waals surface area contributed by atoms with Crippen LogP contribution in [0.1, 0.15) is 31.9 Å². The first-order valence-electron chi connectivity index (χ1n) is 6.74. The smallest absolute Gasteiger partial charge is 0.133 e. The molecule has 1 saturated heterocycles. The lowest BCUT2D eigenvalue weighted by atomic mass is 9.93. The summed E-state index contributed by atoms with van der Waals surface area (Å²) in [4.78, 5) is 2.49. The standard InChI is InChI=1S/C15H23BrN2O/c1-15(2)6-7-18(10-15)13(9-17)11-4-5-14(19-3)12(16)8-11/h4-5,8,13H,6-7,9-10,17H2,1-3H3. The van der Waals surface area contributed by atoms with Crippen LogP contribution in [0, 0.1) is 5.41 Å². The summed E-state index contributed by atoms with van der Waals surface area (Å²) in [6.45, 7) is 7.53. The first kappa shape index (κ1) is 14.8. The van der Waals surface area contributed by atoms with E-state index in [-0.39, 0.29) is 0 Å². The van der Waals surface area contributed by atoms with Crippen LogP contribution < -0.4 is 10.5 Å². The van der Waals surface area contributed by atoms with Gasteiger partial charge in [0.2, 0.25) is 0 Å². The van der Waals surface area contributed by atoms with Crippen LogP contribution in [0.2, 0.25) is 0 Å². The predicted octanol–water partition coefficient (Wildman–Crippen LogP) is 3.19. The Labute approximate surface area is 124 Å². The Morgan fingerprint density at radius 3 is 2.68 bits per heavy atom. The maximum atomic E-state index is 6.01. The molecule has 1 aliphatic rings. The van der Waals surface area contributed by atoms with E-state index in [1.807, 2.05) is 6.07 Å². The zero-order valence-corrected chi connectivity index (χ0v) is 13.5. The zero-order chi connectivity index (χ0) is 14.0. The van der Waals surface area contributed by atoms with Gasteiger partial charge in [-0.1, -0.05) is 19.9 Å². The molecule has 0 saturated carbocycles. The molecule has 0 spiro atoms. The highest BCUT2D eigenvalue weighted by atomic mass is 79.9. The molecule has 2 N–H and O–H groups in total. The fraction of sp³-hybridized carbons (Fsp3) is 0.600. The van der Waals surface area contributed by atoms with Gasteiger partial charge in [-0.2, -0.15) is 0 Å². The van der Waals surface area contributed by atoms with Gasteiger partial charge >= 0.3 is 0 Å². The minimum Gasteiger partial charge on any atom is -0.496 e. The average Bonchev–Trinajstić information content (AvgIpc) is 2.71. The topological polar surface area (TPSA) is 38.5 Å². The predicted molar refractivity (Wildman–Crippen MR) is 82.5 cm³/mol. The van der Waals surface area contributed by atoms with Crippen molar-refractivity contribution in [2.45, 2.75) is 26.3 Å². The van der Waals surface area contributed by atoms with Crippen molar-refractivity contribution in [2.75, 3.05) is 26.7 Å². The monoisotopic (exact) mass is 326 g/mol. The molecule has 0 bridgehead atoms. The van der Waals surface area contributed by atoms with Gasteiger partial charge in [0.05, 0.1) is 11.6 Å². The van der Waals surface area contributed by atoms with Crippen LogP contribution in [0.5, 0.6) is 5.75 Å². The molecule has 2 rings (SSSR count). The molecule has 1 heterocycles. The highest BCUT2D eigenvalue weighted by Crippen LogP contribution is 2.36. The zero-order valence-electron chi connectivity index (χ0n) is 11.9. The summed E-state index contributed by atoms with van der Waals surface area (Å²) in [5.74, 6) is 0.862. The van der Waals surface area contributed by atoms with E-state index in [4.69, 9.17) is 10.5 Å². The van der Waals surface area contributed by atoms with Crippen molar-refractivity contribution >= 4 is 15.9 Å². The van der Waals surface area contributed by atoms with E-state index in [1.165, 1.54) is 12.0 Å². The molecule has 1 aromatic carbocycles. The number of ether oxygens (including phenoxy) is 1. The number of benzene rings is 1. The van der Waals surface area contributed by atoms with Crippen molar-refractivity contribution < 1.29 is 4.74 Å². The van der Waals surface area contributed by atoms with Gasteiger partial charge < -0.3 is 10.5 Å². The molecule has 106 valence electrons. The molecule has 1 fully saturated rings. The van der Waals surface area contributed by atoms with Gasteiger partial charge in [-0.3, -0.25) is 4.90 Å². The molecule has 0 amide bonds. The summed E-state index contributed by atoms with van der Waals surface area (Å²) in [6, 6.07) is 6.54. The van der Waals surface area contributed by atoms with Crippen molar-refractivity contribution in [1.82, 2.24) is 4.90 Å². The summed E-state index contributed by atoms with van der Waals surface area (Å²) in [5, 5.41) is 0. The molecule has 0 aromatic heterocycles. The van der Waals surface area contributed by atoms with Crippen molar-refractivity contribution in [1.29, 1.82) is 0 Å². The molecule has 1 aromatic rings. The average molecular weight is 327 g/mol. The Morgan fingerprint density at radius 1 is 1.47 bits per heavy atom. The lowest BCUT2D eigenvalue weighted by Crippen LogP contribution is -2.33. The molecule has 19 heavy (non-hydrogen) atoms. The number of nitrogens with zero attached hydrogens (tertiary/aromatic N) is 1. The van der Waals surface area contributed by atoms with Gasteiger partial charge in [-0.15, -0.1) is 0 Å². The molecule has 4 heteroatoms. The second-order valence-corrected chi connectivity index (χ2v) is 6.88. The summed E-state index contributed by atoms with van der Waals surface area (Å²) in [7, 11) is 1.68. The summed E-state index contributed by atoms with van der Waals surface area (Å²) in [5.41, 5.74) is 7.66. The van der Waals surface area contributed by atoms with E-state index in [1.54, 1.807) is 7.11 Å². The first-order valence-corrected chi connectivity index (χ1v) is 7.54. The van der Waals surface area contributed by atoms with Gasteiger partial charge in [-0.05, 0) is 52.0 Å². The van der Waals surface area contributed by atoms with Crippen LogP contribution >= 0.6 is 15.9 Å². The van der Waals surface area contributed by atoms with Gasteiger partial charge in [0.15, 0.2) is 0 Å². The van der Waals surface area contributed by atoms with E-state index < -0.39 is 0 Å². The maximum absolute atomic E-state index is 6.01. The molecule has 1 aliphatic heterocycles. The van der Waals surface area contributed by atoms with Gasteiger partial charge in [0.1, 0.15) is 5.75 Å². The Kier molecular flexibility index (Phi) is 4.54. The normalized spacial score (nSPS) is 20.5. The fourth-order valence-corrected chi connectivity index (χ4v) is 3.36. The SMILES string of the molecule is COc1ccc(C(CN)N2CCC(C)(C)C2)cc1Br. The minimum atomic E-state index is 0.295. The Bertz CT molecular complexity index is 448. The molecular weight excluding hydrogens is 304 g/mol. The summed E-state index contributed by atoms with van der Waals surface area (Å²) < 4.78 is 6.27. The quantitative estimate of drug-likeness (QED) is 0.923. The highest BCUT2D eigenvalue weighted by molar-refractivity contribution is 9.10. The summed E-state index contributed by atoms with van der Waals surface area (Å²) in [6.07, 6.45) is 1.24. The van der Waals surface area contributed by atoms with Crippen LogP contribution in [0.15, 0.2) is 22.7 Å². The van der Waals surface area contributed by atoms with Gasteiger partial charge in [-0.25, -0.2) is 0 Å². The number of hydrogen-bond acceptors (Lipinski definition) is 3. The number of rotatable bonds is 4. The van der Waals surface area contributed by atoms with Crippen LogP contribution in [0.4, 0.5) is 0 Å². The number of methoxy groups -OCH3 is 1. The molecule has 1 atom stereocenters. The van der Waals surface area contributed by atoms with Crippen LogP contribution in [-0.4, -0.2) is 31.6 Å². The van der Waals surface area contributed by atoms with Crippen LogP contribution in [0.3, 0.4) is 0 Å². The van der Waals surface area contributed by atoms with Crippen molar-refractivity contribution in [3.63, 3.8) is 0 Å². The molecule has 0 aliphatic carbocycles. The van der Waals surface area contributed by atoms with Crippen molar-refractivity contribution in [3.05, 3.63) is 28.2 Å². The first-order chi connectivity index (χ1) is 8.96.